The fourth-order valence-corrected chi connectivity index (χ4v) is 3.55. The SMILES string of the molecule is Fc1cccc(F)c1Cn1nc(-c2ccc(Cl)cc2)c2c1CCNCC2. The van der Waals surface area contributed by atoms with E-state index in [0.717, 1.165) is 48.4 Å². The van der Waals surface area contributed by atoms with E-state index in [4.69, 9.17) is 16.7 Å². The van der Waals surface area contributed by atoms with Gasteiger partial charge in [0.2, 0.25) is 0 Å². The largest absolute Gasteiger partial charge is 0.316 e. The summed E-state index contributed by atoms with van der Waals surface area (Å²) >= 11 is 6.00. The van der Waals surface area contributed by atoms with Crippen molar-refractivity contribution in [3.05, 3.63) is 75.9 Å². The Morgan fingerprint density at radius 3 is 2.42 bits per heavy atom. The van der Waals surface area contributed by atoms with Crippen LogP contribution in [0, 0.1) is 11.6 Å². The van der Waals surface area contributed by atoms with Gasteiger partial charge in [0.15, 0.2) is 0 Å². The van der Waals surface area contributed by atoms with Crippen LogP contribution in [-0.2, 0) is 19.4 Å². The Bertz CT molecular complexity index is 915. The Labute approximate surface area is 155 Å². The maximum Gasteiger partial charge on any atom is 0.131 e. The number of hydrogen-bond acceptors (Lipinski definition) is 2. The molecule has 0 unspecified atom stereocenters. The molecule has 1 N–H and O–H groups in total. The van der Waals surface area contributed by atoms with Crippen molar-refractivity contribution in [2.45, 2.75) is 19.4 Å². The summed E-state index contributed by atoms with van der Waals surface area (Å²) in [5.41, 5.74) is 4.02. The second-order valence-electron chi connectivity index (χ2n) is 6.39. The molecule has 26 heavy (non-hydrogen) atoms. The Morgan fingerprint density at radius 2 is 1.69 bits per heavy atom. The van der Waals surface area contributed by atoms with Gasteiger partial charge in [-0.25, -0.2) is 8.78 Å². The van der Waals surface area contributed by atoms with Gasteiger partial charge >= 0.3 is 0 Å². The van der Waals surface area contributed by atoms with E-state index in [2.05, 4.69) is 5.32 Å². The van der Waals surface area contributed by atoms with Crippen LogP contribution in [0.5, 0.6) is 0 Å². The predicted molar refractivity (Wildman–Crippen MR) is 98.4 cm³/mol. The van der Waals surface area contributed by atoms with Crippen molar-refractivity contribution >= 4 is 11.6 Å². The summed E-state index contributed by atoms with van der Waals surface area (Å²) < 4.78 is 30.0. The van der Waals surface area contributed by atoms with E-state index >= 15 is 0 Å². The average Bonchev–Trinajstić information content (AvgIpc) is 2.80. The Hall–Kier alpha value is -2.24. The molecule has 0 spiro atoms. The summed E-state index contributed by atoms with van der Waals surface area (Å²) in [4.78, 5) is 0. The van der Waals surface area contributed by atoms with Gasteiger partial charge in [0.1, 0.15) is 11.6 Å². The lowest BCUT2D eigenvalue weighted by molar-refractivity contribution is 0.526. The van der Waals surface area contributed by atoms with Gasteiger partial charge in [-0.15, -0.1) is 0 Å². The highest BCUT2D eigenvalue weighted by Gasteiger charge is 2.22. The Morgan fingerprint density at radius 1 is 1.00 bits per heavy atom. The van der Waals surface area contributed by atoms with E-state index < -0.39 is 11.6 Å². The molecule has 0 saturated heterocycles. The molecular weight excluding hydrogens is 356 g/mol. The molecule has 0 saturated carbocycles. The third-order valence-corrected chi connectivity index (χ3v) is 5.00. The van der Waals surface area contributed by atoms with Crippen LogP contribution in [0.25, 0.3) is 11.3 Å². The van der Waals surface area contributed by atoms with Gasteiger partial charge in [-0.2, -0.15) is 5.10 Å². The maximum atomic E-state index is 14.1. The van der Waals surface area contributed by atoms with Gasteiger partial charge in [-0.1, -0.05) is 29.8 Å². The zero-order valence-electron chi connectivity index (χ0n) is 14.1. The minimum absolute atomic E-state index is 0.0395. The van der Waals surface area contributed by atoms with Crippen molar-refractivity contribution in [2.24, 2.45) is 0 Å². The van der Waals surface area contributed by atoms with Crippen molar-refractivity contribution in [1.82, 2.24) is 15.1 Å². The number of fused-ring (bicyclic) bond motifs is 1. The Balaban J connectivity index is 1.81. The third kappa shape index (κ3) is 3.24. The molecule has 1 aliphatic heterocycles. The minimum Gasteiger partial charge on any atom is -0.316 e. The standard InChI is InChI=1S/C20H18ClF2N3/c21-14-6-4-13(5-7-14)20-15-8-10-24-11-9-19(15)26(25-20)12-16-17(22)2-1-3-18(16)23/h1-7,24H,8-12H2. The predicted octanol–water partition coefficient (Wildman–Crippen LogP) is 4.22. The van der Waals surface area contributed by atoms with Crippen molar-refractivity contribution in [3.63, 3.8) is 0 Å². The number of nitrogens with zero attached hydrogens (tertiary/aromatic N) is 2. The molecule has 0 radical (unpaired) electrons. The lowest BCUT2D eigenvalue weighted by Crippen LogP contribution is -2.18. The fourth-order valence-electron chi connectivity index (χ4n) is 3.43. The summed E-state index contributed by atoms with van der Waals surface area (Å²) in [6.45, 7) is 1.75. The lowest BCUT2D eigenvalue weighted by Gasteiger charge is -2.09. The van der Waals surface area contributed by atoms with E-state index in [9.17, 15) is 8.78 Å². The highest BCUT2D eigenvalue weighted by atomic mass is 35.5. The van der Waals surface area contributed by atoms with Gasteiger partial charge in [0.25, 0.3) is 0 Å². The molecule has 3 nitrogen and oxygen atoms in total. The fraction of sp³-hybridized carbons (Fsp3) is 0.250. The summed E-state index contributed by atoms with van der Waals surface area (Å²) in [7, 11) is 0. The number of hydrogen-bond donors (Lipinski definition) is 1. The lowest BCUT2D eigenvalue weighted by atomic mass is 10.0. The zero-order chi connectivity index (χ0) is 18.1. The molecule has 0 bridgehead atoms. The van der Waals surface area contributed by atoms with Crippen LogP contribution < -0.4 is 5.32 Å². The molecule has 0 aliphatic carbocycles. The first-order chi connectivity index (χ1) is 12.6. The Kier molecular flexibility index (Phi) is 4.74. The first-order valence-corrected chi connectivity index (χ1v) is 8.99. The third-order valence-electron chi connectivity index (χ3n) is 4.74. The van der Waals surface area contributed by atoms with Gasteiger partial charge in [0, 0.05) is 40.4 Å². The highest BCUT2D eigenvalue weighted by molar-refractivity contribution is 6.30. The molecular formula is C20H18ClF2N3. The first-order valence-electron chi connectivity index (χ1n) is 8.61. The van der Waals surface area contributed by atoms with Gasteiger partial charge in [0.05, 0.1) is 12.2 Å². The van der Waals surface area contributed by atoms with Crippen LogP contribution in [0.1, 0.15) is 16.8 Å². The number of rotatable bonds is 3. The van der Waals surface area contributed by atoms with Crippen LogP contribution in [0.15, 0.2) is 42.5 Å². The normalized spacial score (nSPS) is 14.1. The van der Waals surface area contributed by atoms with Crippen LogP contribution in [0.4, 0.5) is 8.78 Å². The molecule has 2 heterocycles. The molecule has 4 rings (SSSR count). The zero-order valence-corrected chi connectivity index (χ0v) is 14.9. The number of nitrogens with one attached hydrogen (secondary N) is 1. The topological polar surface area (TPSA) is 29.9 Å². The van der Waals surface area contributed by atoms with Crippen molar-refractivity contribution in [3.8, 4) is 11.3 Å². The van der Waals surface area contributed by atoms with Crippen LogP contribution in [0.2, 0.25) is 5.02 Å². The summed E-state index contributed by atoms with van der Waals surface area (Å²) in [5, 5.41) is 8.76. The molecule has 1 aromatic heterocycles. The molecule has 1 aliphatic rings. The minimum atomic E-state index is -0.547. The number of benzene rings is 2. The maximum absolute atomic E-state index is 14.1. The molecule has 6 heteroatoms. The van der Waals surface area contributed by atoms with Crippen LogP contribution >= 0.6 is 11.6 Å². The first kappa shape index (κ1) is 17.2. The van der Waals surface area contributed by atoms with E-state index in [1.165, 1.54) is 18.2 Å². The molecule has 134 valence electrons. The average molecular weight is 374 g/mol. The monoisotopic (exact) mass is 373 g/mol. The molecule has 2 aromatic carbocycles. The second-order valence-corrected chi connectivity index (χ2v) is 6.83. The molecule has 0 fully saturated rings. The van der Waals surface area contributed by atoms with Crippen molar-refractivity contribution < 1.29 is 8.78 Å². The summed E-state index contributed by atoms with van der Waals surface area (Å²) in [5.74, 6) is -1.09. The van der Waals surface area contributed by atoms with Crippen molar-refractivity contribution in [2.75, 3.05) is 13.1 Å². The summed E-state index contributed by atoms with van der Waals surface area (Å²) in [6.07, 6.45) is 1.60. The van der Waals surface area contributed by atoms with Crippen LogP contribution in [0.3, 0.4) is 0 Å². The van der Waals surface area contributed by atoms with Crippen molar-refractivity contribution in [1.29, 1.82) is 0 Å². The smallest absolute Gasteiger partial charge is 0.131 e. The van der Waals surface area contributed by atoms with E-state index in [0.29, 0.717) is 5.02 Å². The number of aromatic nitrogens is 2. The second kappa shape index (κ2) is 7.17. The van der Waals surface area contributed by atoms with Gasteiger partial charge in [-0.05, 0) is 37.2 Å². The van der Waals surface area contributed by atoms with E-state index in [1.807, 2.05) is 24.3 Å². The van der Waals surface area contributed by atoms with E-state index in [1.54, 1.807) is 4.68 Å². The summed E-state index contributed by atoms with van der Waals surface area (Å²) in [6, 6.07) is 11.4. The van der Waals surface area contributed by atoms with Gasteiger partial charge < -0.3 is 5.32 Å². The quantitative estimate of drug-likeness (QED) is 0.745. The molecule has 3 aromatic rings. The molecule has 0 atom stereocenters. The molecule has 0 amide bonds. The number of halogens is 3. The van der Waals surface area contributed by atoms with Gasteiger partial charge in [-0.3, -0.25) is 4.68 Å². The van der Waals surface area contributed by atoms with Crippen LogP contribution in [-0.4, -0.2) is 22.9 Å². The highest BCUT2D eigenvalue weighted by Crippen LogP contribution is 2.29. The van der Waals surface area contributed by atoms with E-state index in [-0.39, 0.29) is 12.1 Å².